The molecule has 9 heteroatoms. The van der Waals surface area contributed by atoms with Gasteiger partial charge in [-0.05, 0) is 48.6 Å². The smallest absolute Gasteiger partial charge is 0.242 e. The van der Waals surface area contributed by atoms with Gasteiger partial charge in [0.15, 0.2) is 0 Å². The Kier molecular flexibility index (Phi) is 10.9. The Morgan fingerprint density at radius 2 is 1.51 bits per heavy atom. The lowest BCUT2D eigenvalue weighted by molar-refractivity contribution is -0.129. The third-order valence-electron chi connectivity index (χ3n) is 7.34. The first-order chi connectivity index (χ1) is 19.9. The summed E-state index contributed by atoms with van der Waals surface area (Å²) < 4.78 is 0. The predicted molar refractivity (Wildman–Crippen MR) is 164 cm³/mol. The Morgan fingerprint density at radius 1 is 0.878 bits per heavy atom. The minimum atomic E-state index is -0.696. The number of carbonyl (C=O) groups is 2. The first-order valence-electron chi connectivity index (χ1n) is 14.2. The van der Waals surface area contributed by atoms with Crippen LogP contribution in [0.2, 0.25) is 0 Å². The number of rotatable bonds is 13. The number of nitrogen functional groups attached to an aromatic ring is 1. The molecule has 3 aromatic carbocycles. The van der Waals surface area contributed by atoms with Crippen molar-refractivity contribution in [3.05, 3.63) is 101 Å². The Bertz CT molecular complexity index is 1270. The Labute approximate surface area is 242 Å². The maximum absolute atomic E-state index is 13.3. The lowest BCUT2D eigenvalue weighted by Crippen LogP contribution is -2.51. The van der Waals surface area contributed by atoms with Crippen LogP contribution in [0.1, 0.15) is 35.6 Å². The molecule has 9 nitrogen and oxygen atoms in total. The molecule has 0 saturated carbocycles. The number of aryl methyl sites for hydroxylation is 1. The van der Waals surface area contributed by atoms with Crippen LogP contribution in [-0.4, -0.2) is 55.9 Å². The highest BCUT2D eigenvalue weighted by molar-refractivity contribution is 5.95. The molecule has 1 aliphatic heterocycles. The van der Waals surface area contributed by atoms with Gasteiger partial charge in [-0.25, -0.2) is 0 Å². The molecule has 4 rings (SSSR count). The molecule has 1 fully saturated rings. The molecule has 1 saturated heterocycles. The number of hydrogen-bond donors (Lipinski definition) is 6. The van der Waals surface area contributed by atoms with Gasteiger partial charge in [0.05, 0.1) is 6.04 Å². The van der Waals surface area contributed by atoms with Crippen LogP contribution in [0.3, 0.4) is 0 Å². The van der Waals surface area contributed by atoms with Gasteiger partial charge in [0.25, 0.3) is 0 Å². The summed E-state index contributed by atoms with van der Waals surface area (Å²) in [6, 6.07) is 24.6. The Hall–Kier alpha value is -4.21. The van der Waals surface area contributed by atoms with Crippen LogP contribution in [0.4, 0.5) is 5.69 Å². The monoisotopic (exact) mass is 555 g/mol. The fourth-order valence-corrected chi connectivity index (χ4v) is 4.79. The zero-order valence-electron chi connectivity index (χ0n) is 23.7. The fourth-order valence-electron chi connectivity index (χ4n) is 4.79. The SMILES string of the molecule is CC(NC(=O)[C@@H](CCc1ccccc1)NCc1ccc(N2CCNCC2)cc1)C(=O)NCc1ccc(C(=N)N)cc1. The van der Waals surface area contributed by atoms with Crippen LogP contribution in [0, 0.1) is 5.41 Å². The topological polar surface area (TPSA) is 135 Å². The summed E-state index contributed by atoms with van der Waals surface area (Å²) in [4.78, 5) is 28.5. The minimum absolute atomic E-state index is 0.000386. The summed E-state index contributed by atoms with van der Waals surface area (Å²) in [6.45, 7) is 6.53. The van der Waals surface area contributed by atoms with Gasteiger partial charge in [0.1, 0.15) is 11.9 Å². The van der Waals surface area contributed by atoms with Crippen LogP contribution in [0.5, 0.6) is 0 Å². The molecule has 1 unspecified atom stereocenters. The molecule has 2 amide bonds. The van der Waals surface area contributed by atoms with E-state index in [0.717, 1.165) is 49.3 Å². The second-order valence-corrected chi connectivity index (χ2v) is 10.4. The third-order valence-corrected chi connectivity index (χ3v) is 7.34. The molecule has 0 spiro atoms. The molecule has 41 heavy (non-hydrogen) atoms. The molecule has 0 aromatic heterocycles. The number of benzene rings is 3. The van der Waals surface area contributed by atoms with E-state index in [1.165, 1.54) is 5.69 Å². The van der Waals surface area contributed by atoms with Crippen molar-refractivity contribution in [2.75, 3.05) is 31.1 Å². The fraction of sp³-hybridized carbons (Fsp3) is 0.344. The number of hydrogen-bond acceptors (Lipinski definition) is 6. The van der Waals surface area contributed by atoms with Gasteiger partial charge in [-0.1, -0.05) is 66.7 Å². The molecule has 0 radical (unpaired) electrons. The van der Waals surface area contributed by atoms with Gasteiger partial charge in [0.2, 0.25) is 11.8 Å². The van der Waals surface area contributed by atoms with Crippen LogP contribution >= 0.6 is 0 Å². The molecule has 1 heterocycles. The molecular weight excluding hydrogens is 514 g/mol. The molecule has 3 aromatic rings. The molecule has 0 aliphatic carbocycles. The lowest BCUT2D eigenvalue weighted by Gasteiger charge is -2.29. The van der Waals surface area contributed by atoms with Crippen molar-refractivity contribution < 1.29 is 9.59 Å². The van der Waals surface area contributed by atoms with E-state index in [1.807, 2.05) is 30.3 Å². The largest absolute Gasteiger partial charge is 0.384 e. The number of anilines is 1. The van der Waals surface area contributed by atoms with Crippen LogP contribution in [0.25, 0.3) is 0 Å². The average Bonchev–Trinajstić information content (AvgIpc) is 3.01. The predicted octanol–water partition coefficient (Wildman–Crippen LogP) is 2.29. The molecule has 2 atom stereocenters. The van der Waals surface area contributed by atoms with Gasteiger partial charge in [-0.15, -0.1) is 0 Å². The summed E-state index contributed by atoms with van der Waals surface area (Å²) in [5.41, 5.74) is 10.5. The normalized spacial score (nSPS) is 14.6. The second-order valence-electron chi connectivity index (χ2n) is 10.4. The van der Waals surface area contributed by atoms with E-state index in [2.05, 4.69) is 62.6 Å². The van der Waals surface area contributed by atoms with Crippen molar-refractivity contribution in [3.8, 4) is 0 Å². The number of carbonyl (C=O) groups excluding carboxylic acids is 2. The highest BCUT2D eigenvalue weighted by atomic mass is 16.2. The van der Waals surface area contributed by atoms with E-state index < -0.39 is 12.1 Å². The average molecular weight is 556 g/mol. The molecular formula is C32H41N7O2. The standard InChI is InChI=1S/C32H41N7O2/c1-23(31(40)37-22-25-7-12-27(13-8-25)30(33)34)38-32(41)29(16-11-24-5-3-2-4-6-24)36-21-26-9-14-28(15-10-26)39-19-17-35-18-20-39/h2-10,12-15,23,29,35-36H,11,16-22H2,1H3,(H3,33,34)(H,37,40)(H,38,41)/t23?,29-/m1/s1. The summed E-state index contributed by atoms with van der Waals surface area (Å²) in [5, 5.41) is 20.1. The maximum Gasteiger partial charge on any atom is 0.242 e. The Balaban J connectivity index is 1.32. The van der Waals surface area contributed by atoms with Crippen molar-refractivity contribution in [1.82, 2.24) is 21.3 Å². The summed E-state index contributed by atoms with van der Waals surface area (Å²) in [6.07, 6.45) is 1.34. The van der Waals surface area contributed by atoms with Crippen molar-refractivity contribution in [2.45, 2.75) is 44.9 Å². The molecule has 7 N–H and O–H groups in total. The zero-order valence-corrected chi connectivity index (χ0v) is 23.7. The van der Waals surface area contributed by atoms with Gasteiger partial charge in [-0.3, -0.25) is 15.0 Å². The number of nitrogens with two attached hydrogens (primary N) is 1. The van der Waals surface area contributed by atoms with Crippen LogP contribution in [0.15, 0.2) is 78.9 Å². The highest BCUT2D eigenvalue weighted by Gasteiger charge is 2.23. The molecule has 0 bridgehead atoms. The van der Waals surface area contributed by atoms with Crippen LogP contribution < -0.4 is 31.9 Å². The number of nitrogens with zero attached hydrogens (tertiary/aromatic N) is 1. The van der Waals surface area contributed by atoms with Crippen molar-refractivity contribution in [3.63, 3.8) is 0 Å². The van der Waals surface area contributed by atoms with E-state index >= 15 is 0 Å². The summed E-state index contributed by atoms with van der Waals surface area (Å²) in [7, 11) is 0. The quantitative estimate of drug-likeness (QED) is 0.142. The summed E-state index contributed by atoms with van der Waals surface area (Å²) in [5.74, 6) is -0.467. The second kappa shape index (κ2) is 15.0. The van der Waals surface area contributed by atoms with Gasteiger partial charge >= 0.3 is 0 Å². The van der Waals surface area contributed by atoms with E-state index in [9.17, 15) is 9.59 Å². The highest BCUT2D eigenvalue weighted by Crippen LogP contribution is 2.16. The van der Waals surface area contributed by atoms with Gasteiger partial charge < -0.3 is 31.9 Å². The third kappa shape index (κ3) is 9.16. The van der Waals surface area contributed by atoms with Crippen LogP contribution in [-0.2, 0) is 29.1 Å². The molecule has 1 aliphatic rings. The minimum Gasteiger partial charge on any atom is -0.384 e. The van der Waals surface area contributed by atoms with Crippen molar-refractivity contribution in [2.24, 2.45) is 5.73 Å². The number of piperazine rings is 1. The van der Waals surface area contributed by atoms with E-state index in [4.69, 9.17) is 11.1 Å². The maximum atomic E-state index is 13.3. The van der Waals surface area contributed by atoms with E-state index in [0.29, 0.717) is 25.1 Å². The lowest BCUT2D eigenvalue weighted by atomic mass is 10.0. The van der Waals surface area contributed by atoms with E-state index in [-0.39, 0.29) is 17.6 Å². The van der Waals surface area contributed by atoms with Gasteiger partial charge in [0, 0.05) is 50.5 Å². The zero-order chi connectivity index (χ0) is 29.0. The first kappa shape index (κ1) is 29.8. The van der Waals surface area contributed by atoms with Crippen molar-refractivity contribution >= 4 is 23.3 Å². The van der Waals surface area contributed by atoms with Crippen molar-refractivity contribution in [1.29, 1.82) is 5.41 Å². The number of amides is 2. The number of amidine groups is 1. The van der Waals surface area contributed by atoms with Gasteiger partial charge in [-0.2, -0.15) is 0 Å². The Morgan fingerprint density at radius 3 is 2.17 bits per heavy atom. The molecule has 216 valence electrons. The van der Waals surface area contributed by atoms with E-state index in [1.54, 1.807) is 19.1 Å². The first-order valence-corrected chi connectivity index (χ1v) is 14.2. The summed E-state index contributed by atoms with van der Waals surface area (Å²) >= 11 is 0. The number of nitrogens with one attached hydrogen (secondary N) is 5.